The van der Waals surface area contributed by atoms with Gasteiger partial charge in [0.15, 0.2) is 0 Å². The number of benzene rings is 1. The number of nitrogens with one attached hydrogen (secondary N) is 1. The van der Waals surface area contributed by atoms with E-state index in [1.54, 1.807) is 11.3 Å². The Morgan fingerprint density at radius 1 is 1.04 bits per heavy atom. The summed E-state index contributed by atoms with van der Waals surface area (Å²) in [4.78, 5) is 3.31. The van der Waals surface area contributed by atoms with Crippen LogP contribution in [-0.4, -0.2) is 52.0 Å². The number of aromatic nitrogens is 2. The van der Waals surface area contributed by atoms with Gasteiger partial charge in [0.2, 0.25) is 5.62 Å². The molecule has 0 amide bonds. The third kappa shape index (κ3) is 3.48. The molecular formula is C19H24N4O2S. The lowest BCUT2D eigenvalue weighted by Crippen LogP contribution is -2.39. The molecule has 7 heteroatoms. The van der Waals surface area contributed by atoms with Gasteiger partial charge in [0, 0.05) is 31.1 Å². The number of hydrogen-bond acceptors (Lipinski definition) is 5. The molecule has 0 unspecified atom stereocenters. The number of ether oxygens (including phenoxy) is 1. The van der Waals surface area contributed by atoms with Crippen LogP contribution in [0.2, 0.25) is 0 Å². The van der Waals surface area contributed by atoms with Crippen molar-refractivity contribution in [2.45, 2.75) is 19.2 Å². The van der Waals surface area contributed by atoms with Crippen LogP contribution < -0.4 is 5.62 Å². The Kier molecular flexibility index (Phi) is 5.21. The SMILES string of the molecule is N=c1n(CCN2CCOCC2)c2ccccc2n1C[C@H](O)c1cccs1. The number of fused-ring (bicyclic) bond motifs is 1. The van der Waals surface area contributed by atoms with Crippen molar-refractivity contribution in [1.82, 2.24) is 14.0 Å². The van der Waals surface area contributed by atoms with Crippen LogP contribution >= 0.6 is 11.3 Å². The predicted molar refractivity (Wildman–Crippen MR) is 102 cm³/mol. The number of aliphatic hydroxyl groups is 1. The molecule has 4 rings (SSSR count). The fourth-order valence-electron chi connectivity index (χ4n) is 3.52. The fourth-order valence-corrected chi connectivity index (χ4v) is 4.22. The maximum atomic E-state index is 10.6. The minimum absolute atomic E-state index is 0.393. The number of hydrogen-bond donors (Lipinski definition) is 2. The van der Waals surface area contributed by atoms with E-state index < -0.39 is 6.10 Å². The van der Waals surface area contributed by atoms with Crippen molar-refractivity contribution in [3.8, 4) is 0 Å². The van der Waals surface area contributed by atoms with E-state index in [9.17, 15) is 5.11 Å². The van der Waals surface area contributed by atoms with Crippen LogP contribution in [0.15, 0.2) is 41.8 Å². The van der Waals surface area contributed by atoms with Crippen LogP contribution in [0.5, 0.6) is 0 Å². The molecule has 0 bridgehead atoms. The molecule has 0 spiro atoms. The van der Waals surface area contributed by atoms with Gasteiger partial charge in [-0.15, -0.1) is 11.3 Å². The number of thiophene rings is 1. The lowest BCUT2D eigenvalue weighted by molar-refractivity contribution is 0.0363. The summed E-state index contributed by atoms with van der Waals surface area (Å²) in [5.74, 6) is 0. The van der Waals surface area contributed by atoms with Crippen molar-refractivity contribution in [1.29, 1.82) is 5.41 Å². The minimum Gasteiger partial charge on any atom is -0.386 e. The van der Waals surface area contributed by atoms with Crippen molar-refractivity contribution in [3.63, 3.8) is 0 Å². The van der Waals surface area contributed by atoms with Crippen molar-refractivity contribution in [2.75, 3.05) is 32.8 Å². The second-order valence-electron chi connectivity index (χ2n) is 6.56. The highest BCUT2D eigenvalue weighted by Gasteiger charge is 2.17. The largest absolute Gasteiger partial charge is 0.386 e. The topological polar surface area (TPSA) is 66.4 Å². The summed E-state index contributed by atoms with van der Waals surface area (Å²) in [7, 11) is 0. The number of para-hydroxylation sites is 2. The van der Waals surface area contributed by atoms with Crippen molar-refractivity contribution < 1.29 is 9.84 Å². The van der Waals surface area contributed by atoms with Crippen LogP contribution in [0.4, 0.5) is 0 Å². The van der Waals surface area contributed by atoms with Crippen molar-refractivity contribution >= 4 is 22.4 Å². The summed E-state index contributed by atoms with van der Waals surface area (Å²) in [6, 6.07) is 12.0. The predicted octanol–water partition coefficient (Wildman–Crippen LogP) is 2.05. The van der Waals surface area contributed by atoms with Gasteiger partial charge in [-0.25, -0.2) is 0 Å². The van der Waals surface area contributed by atoms with E-state index in [0.29, 0.717) is 12.2 Å². The summed E-state index contributed by atoms with van der Waals surface area (Å²) in [5.41, 5.74) is 2.48. The van der Waals surface area contributed by atoms with E-state index in [1.165, 1.54) is 0 Å². The Morgan fingerprint density at radius 2 is 1.77 bits per heavy atom. The average molecular weight is 372 g/mol. The van der Waals surface area contributed by atoms with E-state index in [2.05, 4.69) is 11.0 Å². The van der Waals surface area contributed by atoms with Crippen LogP contribution in [0.25, 0.3) is 11.0 Å². The van der Waals surface area contributed by atoms with E-state index in [4.69, 9.17) is 10.1 Å². The molecule has 0 aliphatic carbocycles. The maximum absolute atomic E-state index is 10.6. The smallest absolute Gasteiger partial charge is 0.203 e. The second-order valence-corrected chi connectivity index (χ2v) is 7.54. The van der Waals surface area contributed by atoms with Crippen molar-refractivity contribution in [3.05, 3.63) is 52.3 Å². The molecule has 2 N–H and O–H groups in total. The Morgan fingerprint density at radius 3 is 2.46 bits per heavy atom. The summed E-state index contributed by atoms with van der Waals surface area (Å²) in [5, 5.41) is 21.2. The Labute approximate surface area is 156 Å². The Bertz CT molecular complexity index is 909. The second kappa shape index (κ2) is 7.75. The Balaban J connectivity index is 1.61. The standard InChI is InChI=1S/C19H24N4O2S/c20-19-22(8-7-21-9-11-25-12-10-21)15-4-1-2-5-16(15)23(19)14-17(24)18-6-3-13-26-18/h1-6,13,17,20,24H,7-12,14H2/t17-/m0/s1. The van der Waals surface area contributed by atoms with Gasteiger partial charge in [-0.1, -0.05) is 18.2 Å². The van der Waals surface area contributed by atoms with Gasteiger partial charge >= 0.3 is 0 Å². The highest BCUT2D eigenvalue weighted by Crippen LogP contribution is 2.22. The van der Waals surface area contributed by atoms with Gasteiger partial charge < -0.3 is 19.0 Å². The molecule has 26 heavy (non-hydrogen) atoms. The average Bonchev–Trinajstić information content (AvgIpc) is 3.29. The summed E-state index contributed by atoms with van der Waals surface area (Å²) >= 11 is 1.55. The third-order valence-corrected chi connectivity index (χ3v) is 5.92. The molecule has 0 saturated carbocycles. The summed E-state index contributed by atoms with van der Waals surface area (Å²) in [6.45, 7) is 5.53. The van der Waals surface area contributed by atoms with Gasteiger partial charge in [-0.2, -0.15) is 0 Å². The normalized spacial score (nSPS) is 17.0. The molecule has 1 saturated heterocycles. The highest BCUT2D eigenvalue weighted by atomic mass is 32.1. The number of imidazole rings is 1. The monoisotopic (exact) mass is 372 g/mol. The first-order chi connectivity index (χ1) is 12.7. The zero-order valence-electron chi connectivity index (χ0n) is 14.7. The molecular weight excluding hydrogens is 348 g/mol. The fraction of sp³-hybridized carbons (Fsp3) is 0.421. The quantitative estimate of drug-likeness (QED) is 0.696. The first-order valence-electron chi connectivity index (χ1n) is 8.98. The zero-order chi connectivity index (χ0) is 17.9. The molecule has 0 radical (unpaired) electrons. The highest BCUT2D eigenvalue weighted by molar-refractivity contribution is 7.10. The van der Waals surface area contributed by atoms with E-state index >= 15 is 0 Å². The van der Waals surface area contributed by atoms with Gasteiger partial charge in [-0.05, 0) is 23.6 Å². The molecule has 138 valence electrons. The van der Waals surface area contributed by atoms with Crippen LogP contribution in [0.1, 0.15) is 11.0 Å². The van der Waals surface area contributed by atoms with E-state index in [-0.39, 0.29) is 0 Å². The summed E-state index contributed by atoms with van der Waals surface area (Å²) in [6.07, 6.45) is -0.595. The van der Waals surface area contributed by atoms with Gasteiger partial charge in [0.05, 0.1) is 30.8 Å². The van der Waals surface area contributed by atoms with Gasteiger partial charge in [0.25, 0.3) is 0 Å². The molecule has 3 heterocycles. The molecule has 1 fully saturated rings. The minimum atomic E-state index is -0.595. The maximum Gasteiger partial charge on any atom is 0.203 e. The van der Waals surface area contributed by atoms with E-state index in [0.717, 1.165) is 55.3 Å². The van der Waals surface area contributed by atoms with Crippen molar-refractivity contribution in [2.24, 2.45) is 0 Å². The first-order valence-corrected chi connectivity index (χ1v) is 9.86. The first kappa shape index (κ1) is 17.5. The Hall–Kier alpha value is -1.93. The van der Waals surface area contributed by atoms with Crippen LogP contribution in [0.3, 0.4) is 0 Å². The number of aliphatic hydroxyl groups excluding tert-OH is 1. The molecule has 3 aromatic rings. The lowest BCUT2D eigenvalue weighted by Gasteiger charge is -2.26. The molecule has 1 atom stereocenters. The molecule has 1 aliphatic rings. The third-order valence-electron chi connectivity index (χ3n) is 4.95. The molecule has 1 aliphatic heterocycles. The van der Waals surface area contributed by atoms with Gasteiger partial charge in [0.1, 0.15) is 6.10 Å². The van der Waals surface area contributed by atoms with Crippen LogP contribution in [0, 0.1) is 5.41 Å². The molecule has 2 aromatic heterocycles. The number of morpholine rings is 1. The van der Waals surface area contributed by atoms with E-state index in [1.807, 2.05) is 44.8 Å². The molecule has 1 aromatic carbocycles. The number of rotatable bonds is 6. The number of nitrogens with zero attached hydrogens (tertiary/aromatic N) is 3. The zero-order valence-corrected chi connectivity index (χ0v) is 15.5. The lowest BCUT2D eigenvalue weighted by atomic mass is 10.2. The van der Waals surface area contributed by atoms with Gasteiger partial charge in [-0.3, -0.25) is 10.3 Å². The molecule has 6 nitrogen and oxygen atoms in total. The summed E-state index contributed by atoms with van der Waals surface area (Å²) < 4.78 is 9.38. The van der Waals surface area contributed by atoms with Crippen LogP contribution in [-0.2, 0) is 17.8 Å².